The first kappa shape index (κ1) is 11.4. The molecule has 0 radical (unpaired) electrons. The van der Waals surface area contributed by atoms with E-state index in [1.807, 2.05) is 31.2 Å². The van der Waals surface area contributed by atoms with Gasteiger partial charge in [0.2, 0.25) is 5.82 Å². The molecule has 0 atom stereocenters. The first-order valence-electron chi connectivity index (χ1n) is 5.50. The summed E-state index contributed by atoms with van der Waals surface area (Å²) in [6.07, 6.45) is 1.65. The quantitative estimate of drug-likeness (QED) is 0.824. The number of imidazole rings is 1. The Hall–Kier alpha value is -2.10. The number of nitrogens with one attached hydrogen (secondary N) is 1. The highest BCUT2D eigenvalue weighted by molar-refractivity contribution is 5.86. The molecular formula is C13H14N2O2. The lowest BCUT2D eigenvalue weighted by Gasteiger charge is -2.01. The second-order valence-electron chi connectivity index (χ2n) is 3.68. The van der Waals surface area contributed by atoms with E-state index in [1.54, 1.807) is 13.1 Å². The van der Waals surface area contributed by atoms with Crippen molar-refractivity contribution in [3.05, 3.63) is 41.9 Å². The number of rotatable bonds is 3. The Bertz CT molecular complexity index is 532. The largest absolute Gasteiger partial charge is 0.460 e. The van der Waals surface area contributed by atoms with Crippen molar-refractivity contribution in [3.8, 4) is 11.3 Å². The van der Waals surface area contributed by atoms with Crippen molar-refractivity contribution < 1.29 is 9.53 Å². The van der Waals surface area contributed by atoms with E-state index in [9.17, 15) is 4.79 Å². The van der Waals surface area contributed by atoms with E-state index in [0.717, 1.165) is 16.8 Å². The number of aromatic amines is 1. The molecule has 0 amide bonds. The maximum Gasteiger partial charge on any atom is 0.374 e. The average molecular weight is 230 g/mol. The van der Waals surface area contributed by atoms with Crippen molar-refractivity contribution in [3.63, 3.8) is 0 Å². The summed E-state index contributed by atoms with van der Waals surface area (Å²) in [5, 5.41) is 0. The van der Waals surface area contributed by atoms with E-state index in [1.165, 1.54) is 0 Å². The van der Waals surface area contributed by atoms with Gasteiger partial charge in [0.05, 0.1) is 18.5 Å². The van der Waals surface area contributed by atoms with E-state index in [2.05, 4.69) is 9.97 Å². The summed E-state index contributed by atoms with van der Waals surface area (Å²) in [6, 6.07) is 7.92. The SMILES string of the molecule is CCOC(=O)c1ncc(-c2ccccc2C)[nH]1. The number of nitrogens with zero attached hydrogens (tertiary/aromatic N) is 1. The Labute approximate surface area is 99.7 Å². The fourth-order valence-electron chi connectivity index (χ4n) is 1.64. The zero-order valence-corrected chi connectivity index (χ0v) is 9.86. The Balaban J connectivity index is 2.30. The highest BCUT2D eigenvalue weighted by atomic mass is 16.5. The topological polar surface area (TPSA) is 55.0 Å². The number of H-pyrrole nitrogens is 1. The van der Waals surface area contributed by atoms with Crippen LogP contribution in [-0.2, 0) is 4.74 Å². The highest BCUT2D eigenvalue weighted by Gasteiger charge is 2.12. The van der Waals surface area contributed by atoms with Gasteiger partial charge in [0.1, 0.15) is 0 Å². The summed E-state index contributed by atoms with van der Waals surface area (Å²) >= 11 is 0. The number of benzene rings is 1. The van der Waals surface area contributed by atoms with Gasteiger partial charge < -0.3 is 9.72 Å². The molecule has 0 fully saturated rings. The van der Waals surface area contributed by atoms with Crippen molar-refractivity contribution in [1.82, 2.24) is 9.97 Å². The summed E-state index contributed by atoms with van der Waals surface area (Å²) in [4.78, 5) is 18.4. The normalized spacial score (nSPS) is 10.2. The minimum atomic E-state index is -0.424. The fraction of sp³-hybridized carbons (Fsp3) is 0.231. The molecule has 4 nitrogen and oxygen atoms in total. The van der Waals surface area contributed by atoms with Crippen molar-refractivity contribution in [2.24, 2.45) is 0 Å². The maximum atomic E-state index is 11.5. The zero-order chi connectivity index (χ0) is 12.3. The minimum absolute atomic E-state index is 0.241. The lowest BCUT2D eigenvalue weighted by molar-refractivity contribution is 0.0513. The third-order valence-corrected chi connectivity index (χ3v) is 2.48. The molecule has 4 heteroatoms. The van der Waals surface area contributed by atoms with Crippen LogP contribution in [0.4, 0.5) is 0 Å². The molecule has 0 aliphatic carbocycles. The first-order chi connectivity index (χ1) is 8.22. The van der Waals surface area contributed by atoms with Gasteiger partial charge in [0.15, 0.2) is 0 Å². The van der Waals surface area contributed by atoms with Crippen LogP contribution < -0.4 is 0 Å². The van der Waals surface area contributed by atoms with Gasteiger partial charge in [0.25, 0.3) is 0 Å². The third-order valence-electron chi connectivity index (χ3n) is 2.48. The number of carbonyl (C=O) groups excluding carboxylic acids is 1. The predicted octanol–water partition coefficient (Wildman–Crippen LogP) is 2.56. The molecule has 1 aromatic carbocycles. The Kier molecular flexibility index (Phi) is 3.23. The van der Waals surface area contributed by atoms with Crippen LogP contribution in [0.15, 0.2) is 30.5 Å². The second kappa shape index (κ2) is 4.82. The molecule has 2 aromatic rings. The molecule has 17 heavy (non-hydrogen) atoms. The first-order valence-corrected chi connectivity index (χ1v) is 5.50. The van der Waals surface area contributed by atoms with Crippen molar-refractivity contribution in [2.75, 3.05) is 6.61 Å². The molecular weight excluding hydrogens is 216 g/mol. The van der Waals surface area contributed by atoms with E-state index in [-0.39, 0.29) is 5.82 Å². The minimum Gasteiger partial charge on any atom is -0.460 e. The molecule has 88 valence electrons. The molecule has 0 saturated heterocycles. The van der Waals surface area contributed by atoms with Crippen LogP contribution in [0.25, 0.3) is 11.3 Å². The van der Waals surface area contributed by atoms with E-state index in [4.69, 9.17) is 4.74 Å². The monoisotopic (exact) mass is 230 g/mol. The lowest BCUT2D eigenvalue weighted by Crippen LogP contribution is -2.06. The van der Waals surface area contributed by atoms with E-state index < -0.39 is 5.97 Å². The smallest absolute Gasteiger partial charge is 0.374 e. The van der Waals surface area contributed by atoms with E-state index in [0.29, 0.717) is 6.61 Å². The number of hydrogen-bond acceptors (Lipinski definition) is 3. The molecule has 0 aliphatic heterocycles. The zero-order valence-electron chi connectivity index (χ0n) is 9.86. The van der Waals surface area contributed by atoms with Crippen LogP contribution in [-0.4, -0.2) is 22.5 Å². The van der Waals surface area contributed by atoms with Gasteiger partial charge in [-0.2, -0.15) is 0 Å². The summed E-state index contributed by atoms with van der Waals surface area (Å²) < 4.78 is 4.87. The number of hydrogen-bond donors (Lipinski definition) is 1. The molecule has 1 heterocycles. The predicted molar refractivity (Wildman–Crippen MR) is 64.7 cm³/mol. The number of esters is 1. The Morgan fingerprint density at radius 1 is 1.41 bits per heavy atom. The van der Waals surface area contributed by atoms with Crippen LogP contribution >= 0.6 is 0 Å². The molecule has 2 rings (SSSR count). The molecule has 1 aromatic heterocycles. The number of carbonyl (C=O) groups is 1. The van der Waals surface area contributed by atoms with E-state index >= 15 is 0 Å². The van der Waals surface area contributed by atoms with Crippen LogP contribution in [0.1, 0.15) is 23.1 Å². The standard InChI is InChI=1S/C13H14N2O2/c1-3-17-13(16)12-14-8-11(15-12)10-7-5-4-6-9(10)2/h4-8H,3H2,1-2H3,(H,14,15). The van der Waals surface area contributed by atoms with Gasteiger partial charge in [0, 0.05) is 5.56 Å². The molecule has 0 bridgehead atoms. The number of ether oxygens (including phenoxy) is 1. The van der Waals surface area contributed by atoms with Crippen LogP contribution in [0.5, 0.6) is 0 Å². The second-order valence-corrected chi connectivity index (χ2v) is 3.68. The van der Waals surface area contributed by atoms with Crippen molar-refractivity contribution >= 4 is 5.97 Å². The summed E-state index contributed by atoms with van der Waals surface area (Å²) in [6.45, 7) is 4.13. The summed E-state index contributed by atoms with van der Waals surface area (Å²) in [7, 11) is 0. The van der Waals surface area contributed by atoms with Gasteiger partial charge in [-0.15, -0.1) is 0 Å². The van der Waals surface area contributed by atoms with Gasteiger partial charge in [-0.1, -0.05) is 24.3 Å². The van der Waals surface area contributed by atoms with Crippen LogP contribution in [0.2, 0.25) is 0 Å². The van der Waals surface area contributed by atoms with Crippen molar-refractivity contribution in [1.29, 1.82) is 0 Å². The molecule has 0 aliphatic rings. The van der Waals surface area contributed by atoms with Gasteiger partial charge in [-0.25, -0.2) is 9.78 Å². The molecule has 0 saturated carbocycles. The van der Waals surface area contributed by atoms with Crippen molar-refractivity contribution in [2.45, 2.75) is 13.8 Å². The summed E-state index contributed by atoms with van der Waals surface area (Å²) in [5.74, 6) is -0.183. The Morgan fingerprint density at radius 3 is 2.88 bits per heavy atom. The lowest BCUT2D eigenvalue weighted by atomic mass is 10.1. The third kappa shape index (κ3) is 2.36. The molecule has 1 N–H and O–H groups in total. The fourth-order valence-corrected chi connectivity index (χ4v) is 1.64. The maximum absolute atomic E-state index is 11.5. The van der Waals surface area contributed by atoms with Crippen LogP contribution in [0, 0.1) is 6.92 Å². The summed E-state index contributed by atoms with van der Waals surface area (Å²) in [5.41, 5.74) is 2.99. The molecule has 0 unspecified atom stereocenters. The average Bonchev–Trinajstić information content (AvgIpc) is 2.79. The number of aromatic nitrogens is 2. The van der Waals surface area contributed by atoms with Crippen LogP contribution in [0.3, 0.4) is 0 Å². The highest BCUT2D eigenvalue weighted by Crippen LogP contribution is 2.20. The van der Waals surface area contributed by atoms with Gasteiger partial charge >= 0.3 is 5.97 Å². The molecule has 0 spiro atoms. The number of aryl methyl sites for hydroxylation is 1. The van der Waals surface area contributed by atoms with Gasteiger partial charge in [-0.3, -0.25) is 0 Å². The Morgan fingerprint density at radius 2 is 2.18 bits per heavy atom. The van der Waals surface area contributed by atoms with Gasteiger partial charge in [-0.05, 0) is 19.4 Å².